The molecule has 3 rings (SSSR count). The topological polar surface area (TPSA) is 79.4 Å². The molecule has 1 aromatic heterocycles. The Labute approximate surface area is 172 Å². The lowest BCUT2D eigenvalue weighted by molar-refractivity contribution is -0.120. The molecule has 29 heavy (non-hydrogen) atoms. The molecule has 7 heteroatoms. The Morgan fingerprint density at radius 3 is 2.62 bits per heavy atom. The van der Waals surface area contributed by atoms with Crippen LogP contribution in [0.2, 0.25) is 0 Å². The monoisotopic (exact) mass is 397 g/mol. The van der Waals surface area contributed by atoms with E-state index in [2.05, 4.69) is 25.5 Å². The van der Waals surface area contributed by atoms with E-state index in [9.17, 15) is 4.79 Å². The number of carbonyl (C=O) groups is 1. The van der Waals surface area contributed by atoms with Crippen LogP contribution in [0.5, 0.6) is 5.75 Å². The molecule has 0 atom stereocenters. The number of rotatable bonds is 8. The van der Waals surface area contributed by atoms with E-state index in [1.54, 1.807) is 7.11 Å². The summed E-state index contributed by atoms with van der Waals surface area (Å²) in [5, 5.41) is 6.17. The van der Waals surface area contributed by atoms with E-state index in [-0.39, 0.29) is 5.91 Å². The van der Waals surface area contributed by atoms with Gasteiger partial charge in [-0.1, -0.05) is 12.1 Å². The second-order valence-corrected chi connectivity index (χ2v) is 7.50. The van der Waals surface area contributed by atoms with Crippen molar-refractivity contribution in [2.75, 3.05) is 43.5 Å². The van der Waals surface area contributed by atoms with Gasteiger partial charge in [-0.3, -0.25) is 4.79 Å². The van der Waals surface area contributed by atoms with Crippen molar-refractivity contribution in [3.63, 3.8) is 0 Å². The second kappa shape index (κ2) is 10.1. The molecule has 0 radical (unpaired) electrons. The number of benzene rings is 1. The fourth-order valence-corrected chi connectivity index (χ4v) is 3.59. The fraction of sp³-hybridized carbons (Fsp3) is 0.500. The molecule has 1 saturated heterocycles. The summed E-state index contributed by atoms with van der Waals surface area (Å²) in [6.45, 7) is 7.16. The maximum Gasteiger partial charge on any atom is 0.224 e. The number of hydrogen-bond donors (Lipinski definition) is 2. The molecule has 1 fully saturated rings. The van der Waals surface area contributed by atoms with E-state index in [0.29, 0.717) is 25.5 Å². The first-order valence-corrected chi connectivity index (χ1v) is 10.3. The van der Waals surface area contributed by atoms with Crippen LogP contribution in [0.15, 0.2) is 24.3 Å². The van der Waals surface area contributed by atoms with E-state index in [4.69, 9.17) is 4.74 Å². The van der Waals surface area contributed by atoms with Gasteiger partial charge in [0.1, 0.15) is 11.6 Å². The number of carbonyl (C=O) groups excluding carboxylic acids is 1. The summed E-state index contributed by atoms with van der Waals surface area (Å²) in [6, 6.07) is 7.84. The van der Waals surface area contributed by atoms with E-state index >= 15 is 0 Å². The molecular formula is C22H31N5O2. The molecule has 1 amide bonds. The average molecular weight is 398 g/mol. The maximum absolute atomic E-state index is 12.2. The molecule has 0 spiro atoms. The van der Waals surface area contributed by atoms with Crippen LogP contribution < -0.4 is 20.3 Å². The molecule has 2 aromatic rings. The van der Waals surface area contributed by atoms with E-state index in [1.807, 2.05) is 38.1 Å². The van der Waals surface area contributed by atoms with Gasteiger partial charge in [-0.05, 0) is 50.3 Å². The number of nitrogens with one attached hydrogen (secondary N) is 2. The molecular weight excluding hydrogens is 366 g/mol. The predicted octanol–water partition coefficient (Wildman–Crippen LogP) is 2.86. The van der Waals surface area contributed by atoms with Gasteiger partial charge in [0.05, 0.1) is 13.5 Å². The number of amides is 1. The lowest BCUT2D eigenvalue weighted by Crippen LogP contribution is -2.31. The van der Waals surface area contributed by atoms with Crippen LogP contribution >= 0.6 is 0 Å². The third-order valence-corrected chi connectivity index (χ3v) is 5.07. The van der Waals surface area contributed by atoms with Crippen molar-refractivity contribution < 1.29 is 9.53 Å². The lowest BCUT2D eigenvalue weighted by Gasteiger charge is -2.28. The summed E-state index contributed by atoms with van der Waals surface area (Å²) in [5.74, 6) is 2.43. The zero-order valence-corrected chi connectivity index (χ0v) is 17.6. The Balaban J connectivity index is 1.45. The van der Waals surface area contributed by atoms with Crippen molar-refractivity contribution in [3.8, 4) is 5.75 Å². The SMILES string of the molecule is COc1ccc(CC(=O)NCCNc2nc(C)cc(N3CCCCC3)n2)cc1C. The Kier molecular flexibility index (Phi) is 7.27. The van der Waals surface area contributed by atoms with Gasteiger partial charge in [0.25, 0.3) is 0 Å². The number of aromatic nitrogens is 2. The van der Waals surface area contributed by atoms with Crippen LogP contribution in [0, 0.1) is 13.8 Å². The third-order valence-electron chi connectivity index (χ3n) is 5.07. The van der Waals surface area contributed by atoms with Crippen molar-refractivity contribution >= 4 is 17.7 Å². The Bertz CT molecular complexity index is 834. The molecule has 2 N–H and O–H groups in total. The molecule has 0 bridgehead atoms. The van der Waals surface area contributed by atoms with E-state index < -0.39 is 0 Å². The first kappa shape index (κ1) is 20.9. The molecule has 0 unspecified atom stereocenters. The first-order chi connectivity index (χ1) is 14.0. The Hall–Kier alpha value is -2.83. The van der Waals surface area contributed by atoms with Crippen molar-refractivity contribution in [2.24, 2.45) is 0 Å². The minimum absolute atomic E-state index is 0.00414. The minimum Gasteiger partial charge on any atom is -0.496 e. The van der Waals surface area contributed by atoms with Crippen molar-refractivity contribution in [1.29, 1.82) is 0 Å². The second-order valence-electron chi connectivity index (χ2n) is 7.50. The minimum atomic E-state index is -0.00414. The van der Waals surface area contributed by atoms with Crippen molar-refractivity contribution in [2.45, 2.75) is 39.5 Å². The molecule has 1 aromatic carbocycles. The summed E-state index contributed by atoms with van der Waals surface area (Å²) >= 11 is 0. The smallest absolute Gasteiger partial charge is 0.224 e. The van der Waals surface area contributed by atoms with Gasteiger partial charge >= 0.3 is 0 Å². The largest absolute Gasteiger partial charge is 0.496 e. The molecule has 2 heterocycles. The highest BCUT2D eigenvalue weighted by molar-refractivity contribution is 5.78. The first-order valence-electron chi connectivity index (χ1n) is 10.3. The molecule has 7 nitrogen and oxygen atoms in total. The van der Waals surface area contributed by atoms with Gasteiger partial charge in [0.15, 0.2) is 0 Å². The van der Waals surface area contributed by atoms with Gasteiger partial charge in [-0.2, -0.15) is 4.98 Å². The lowest BCUT2D eigenvalue weighted by atomic mass is 10.1. The van der Waals surface area contributed by atoms with Crippen LogP contribution in [0.1, 0.15) is 36.1 Å². The van der Waals surface area contributed by atoms with Gasteiger partial charge in [0.2, 0.25) is 11.9 Å². The van der Waals surface area contributed by atoms with Crippen LogP contribution in [0.4, 0.5) is 11.8 Å². The van der Waals surface area contributed by atoms with Crippen LogP contribution in [0.25, 0.3) is 0 Å². The molecule has 1 aliphatic rings. The van der Waals surface area contributed by atoms with E-state index in [0.717, 1.165) is 41.5 Å². The van der Waals surface area contributed by atoms with E-state index in [1.165, 1.54) is 19.3 Å². The Morgan fingerprint density at radius 2 is 1.90 bits per heavy atom. The normalized spacial score (nSPS) is 13.8. The van der Waals surface area contributed by atoms with Crippen LogP contribution in [-0.4, -0.2) is 49.2 Å². The van der Waals surface area contributed by atoms with Gasteiger partial charge in [-0.15, -0.1) is 0 Å². The molecule has 0 saturated carbocycles. The van der Waals surface area contributed by atoms with Crippen LogP contribution in [0.3, 0.4) is 0 Å². The van der Waals surface area contributed by atoms with Gasteiger partial charge in [0, 0.05) is 37.9 Å². The summed E-state index contributed by atoms with van der Waals surface area (Å²) in [5.41, 5.74) is 2.95. The third kappa shape index (κ3) is 6.07. The van der Waals surface area contributed by atoms with Crippen molar-refractivity contribution in [3.05, 3.63) is 41.1 Å². The van der Waals surface area contributed by atoms with Gasteiger partial charge in [-0.25, -0.2) is 4.98 Å². The standard InChI is InChI=1S/C22H31N5O2/c1-16-13-18(7-8-19(16)29-3)15-21(28)23-9-10-24-22-25-17(2)14-20(26-22)27-11-5-4-6-12-27/h7-8,13-14H,4-6,9-12,15H2,1-3H3,(H,23,28)(H,24,25,26). The number of methoxy groups -OCH3 is 1. The quantitative estimate of drug-likeness (QED) is 0.667. The number of ether oxygens (including phenoxy) is 1. The zero-order valence-electron chi connectivity index (χ0n) is 17.6. The summed E-state index contributed by atoms with van der Waals surface area (Å²) in [4.78, 5) is 23.6. The molecule has 156 valence electrons. The molecule has 1 aliphatic heterocycles. The van der Waals surface area contributed by atoms with Crippen molar-refractivity contribution in [1.82, 2.24) is 15.3 Å². The number of piperidine rings is 1. The average Bonchev–Trinajstić information content (AvgIpc) is 2.72. The number of nitrogens with zero attached hydrogens (tertiary/aromatic N) is 3. The van der Waals surface area contributed by atoms with Gasteiger partial charge < -0.3 is 20.3 Å². The highest BCUT2D eigenvalue weighted by Gasteiger charge is 2.14. The number of aryl methyl sites for hydroxylation is 2. The number of anilines is 2. The predicted molar refractivity (Wildman–Crippen MR) is 116 cm³/mol. The summed E-state index contributed by atoms with van der Waals surface area (Å²) in [6.07, 6.45) is 4.07. The molecule has 0 aliphatic carbocycles. The van der Waals surface area contributed by atoms with Crippen LogP contribution in [-0.2, 0) is 11.2 Å². The Morgan fingerprint density at radius 1 is 1.10 bits per heavy atom. The highest BCUT2D eigenvalue weighted by atomic mass is 16.5. The zero-order chi connectivity index (χ0) is 20.6. The fourth-order valence-electron chi connectivity index (χ4n) is 3.59. The highest BCUT2D eigenvalue weighted by Crippen LogP contribution is 2.20. The summed E-state index contributed by atoms with van der Waals surface area (Å²) in [7, 11) is 1.65. The summed E-state index contributed by atoms with van der Waals surface area (Å²) < 4.78 is 5.26. The maximum atomic E-state index is 12.2. The number of hydrogen-bond acceptors (Lipinski definition) is 6.